The number of hydrogen-bond acceptors (Lipinski definition) is 3. The molecule has 0 spiro atoms. The van der Waals surface area contributed by atoms with Crippen LogP contribution >= 0.6 is 0 Å². The van der Waals surface area contributed by atoms with E-state index in [9.17, 15) is 9.90 Å². The number of carbonyl (C=O) groups is 1. The van der Waals surface area contributed by atoms with Gasteiger partial charge >= 0.3 is 0 Å². The van der Waals surface area contributed by atoms with E-state index in [0.29, 0.717) is 17.8 Å². The van der Waals surface area contributed by atoms with E-state index in [2.05, 4.69) is 103 Å². The molecule has 2 aromatic carbocycles. The van der Waals surface area contributed by atoms with Gasteiger partial charge < -0.3 is 10.1 Å². The molecule has 43 heavy (non-hydrogen) atoms. The molecule has 3 rings (SSSR count). The van der Waals surface area contributed by atoms with Crippen molar-refractivity contribution < 1.29 is 30.0 Å². The summed E-state index contributed by atoms with van der Waals surface area (Å²) in [5.74, 6) is 1.84. The minimum Gasteiger partial charge on any atom is -0.512 e. The summed E-state index contributed by atoms with van der Waals surface area (Å²) >= 11 is 0. The maximum absolute atomic E-state index is 12.3. The van der Waals surface area contributed by atoms with Crippen LogP contribution in [0.15, 0.2) is 54.4 Å². The van der Waals surface area contributed by atoms with Gasteiger partial charge in [0.2, 0.25) is 0 Å². The van der Waals surface area contributed by atoms with E-state index in [1.165, 1.54) is 40.8 Å². The molecular weight excluding hydrogens is 707 g/mol. The van der Waals surface area contributed by atoms with Crippen LogP contribution in [0.2, 0.25) is 0 Å². The number of aryl methyl sites for hydroxylation is 2. The first-order valence-corrected chi connectivity index (χ1v) is 15.9. The minimum atomic E-state index is -0.407. The smallest absolute Gasteiger partial charge is 0.164 e. The molecule has 0 amide bonds. The Morgan fingerprint density at radius 2 is 1.49 bits per heavy atom. The van der Waals surface area contributed by atoms with Gasteiger partial charge in [-0.3, -0.25) is 4.79 Å². The number of pyridine rings is 1. The van der Waals surface area contributed by atoms with E-state index in [4.69, 9.17) is 0 Å². The maximum Gasteiger partial charge on any atom is 0.164 e. The van der Waals surface area contributed by atoms with Crippen LogP contribution in [0.3, 0.4) is 0 Å². The molecule has 3 nitrogen and oxygen atoms in total. The third kappa shape index (κ3) is 11.3. The number of rotatable bonds is 11. The van der Waals surface area contributed by atoms with Crippen molar-refractivity contribution in [1.29, 1.82) is 0 Å². The second kappa shape index (κ2) is 16.7. The summed E-state index contributed by atoms with van der Waals surface area (Å²) in [5, 5.41) is 12.7. The Labute approximate surface area is 276 Å². The maximum atomic E-state index is 12.3. The Morgan fingerprint density at radius 1 is 0.907 bits per heavy atom. The van der Waals surface area contributed by atoms with Crippen LogP contribution in [0.25, 0.3) is 22.0 Å². The summed E-state index contributed by atoms with van der Waals surface area (Å²) in [4.78, 5) is 16.9. The number of aliphatic hydroxyl groups excluding tert-OH is 1. The summed E-state index contributed by atoms with van der Waals surface area (Å²) in [6.45, 7) is 25.1. The van der Waals surface area contributed by atoms with Gasteiger partial charge in [-0.1, -0.05) is 101 Å². The molecule has 0 aliphatic carbocycles. The van der Waals surface area contributed by atoms with E-state index >= 15 is 0 Å². The Balaban J connectivity index is 0.000000430. The molecule has 1 radical (unpaired) electrons. The first-order valence-electron chi connectivity index (χ1n) is 15.9. The quantitative estimate of drug-likeness (QED) is 0.120. The van der Waals surface area contributed by atoms with Crippen molar-refractivity contribution in [3.63, 3.8) is 0 Å². The van der Waals surface area contributed by atoms with Gasteiger partial charge in [-0.25, -0.2) is 0 Å². The number of hydrogen-bond donors (Lipinski definition) is 1. The molecule has 1 N–H and O–H groups in total. The SMILES string of the molecule is CC(C)CC(C)(C)C(=O)/C=C(\O)C(C)(C)CC(C)C.CCC(CC)c1ccc2c(-c3[c-]c(C)cc(C)c3)nccc2c1.[Ir]. The average Bonchev–Trinajstić information content (AvgIpc) is 2.87. The van der Waals surface area contributed by atoms with Gasteiger partial charge in [-0.15, -0.1) is 34.9 Å². The van der Waals surface area contributed by atoms with Crippen LogP contribution < -0.4 is 0 Å². The molecule has 4 heteroatoms. The van der Waals surface area contributed by atoms with Gasteiger partial charge in [0.1, 0.15) is 5.76 Å². The first-order chi connectivity index (χ1) is 19.5. The Bertz CT molecular complexity index is 1340. The topological polar surface area (TPSA) is 50.2 Å². The van der Waals surface area contributed by atoms with Crippen LogP contribution in [0.1, 0.15) is 118 Å². The van der Waals surface area contributed by atoms with Crippen LogP contribution in [0, 0.1) is 42.6 Å². The number of carbonyl (C=O) groups excluding carboxylic acids is 1. The second-order valence-corrected chi connectivity index (χ2v) is 14.3. The van der Waals surface area contributed by atoms with Crippen molar-refractivity contribution in [2.24, 2.45) is 22.7 Å². The van der Waals surface area contributed by atoms with Crippen molar-refractivity contribution in [2.75, 3.05) is 0 Å². The number of fused-ring (bicyclic) bond motifs is 1. The third-order valence-electron chi connectivity index (χ3n) is 8.11. The van der Waals surface area contributed by atoms with Crippen molar-refractivity contribution in [3.8, 4) is 11.3 Å². The molecule has 1 heterocycles. The van der Waals surface area contributed by atoms with Gasteiger partial charge in [0.05, 0.1) is 0 Å². The Kier molecular flexibility index (Phi) is 15.0. The average molecular weight is 763 g/mol. The standard InChI is InChI=1S/C22H24N.C17H32O2.Ir/c1-5-17(6-2)18-7-8-21-19(14-18)9-10-23-22(21)20-12-15(3)11-16(4)13-20;1-12(2)10-16(5,6)14(18)9-15(19)17(7,8)11-13(3)4;/h7-12,14,17H,5-6H2,1-4H3;9,12-13,18H,10-11H2,1-8H3;/q-1;;/b;14-9-;. The van der Waals surface area contributed by atoms with Gasteiger partial charge in [0.25, 0.3) is 0 Å². The number of nitrogens with zero attached hydrogens (tertiary/aromatic N) is 1. The molecule has 0 fully saturated rings. The van der Waals surface area contributed by atoms with E-state index in [1.807, 2.05) is 33.9 Å². The monoisotopic (exact) mass is 763 g/mol. The number of aliphatic hydroxyl groups is 1. The molecule has 0 unspecified atom stereocenters. The van der Waals surface area contributed by atoms with Crippen LogP contribution in [0.4, 0.5) is 0 Å². The van der Waals surface area contributed by atoms with Gasteiger partial charge in [-0.2, -0.15) is 0 Å². The molecular formula is C39H56IrNO2-. The van der Waals surface area contributed by atoms with E-state index in [1.54, 1.807) is 0 Å². The summed E-state index contributed by atoms with van der Waals surface area (Å²) in [6, 6.07) is 16.7. The predicted octanol–water partition coefficient (Wildman–Crippen LogP) is 11.4. The number of benzene rings is 2. The van der Waals surface area contributed by atoms with Gasteiger partial charge in [0, 0.05) is 43.2 Å². The van der Waals surface area contributed by atoms with Crippen molar-refractivity contribution in [3.05, 3.63) is 77.2 Å². The number of ketones is 1. The minimum absolute atomic E-state index is 0. The van der Waals surface area contributed by atoms with Crippen molar-refractivity contribution in [2.45, 2.75) is 115 Å². The largest absolute Gasteiger partial charge is 0.512 e. The number of allylic oxidation sites excluding steroid dienone is 2. The van der Waals surface area contributed by atoms with E-state index < -0.39 is 5.41 Å². The molecule has 0 atom stereocenters. The predicted molar refractivity (Wildman–Crippen MR) is 181 cm³/mol. The van der Waals surface area contributed by atoms with Gasteiger partial charge in [0.15, 0.2) is 5.78 Å². The molecule has 0 aliphatic rings. The molecule has 239 valence electrons. The number of aromatic nitrogens is 1. The van der Waals surface area contributed by atoms with Gasteiger partial charge in [-0.05, 0) is 71.5 Å². The van der Waals surface area contributed by atoms with E-state index in [0.717, 1.165) is 29.7 Å². The van der Waals surface area contributed by atoms with Crippen LogP contribution in [-0.2, 0) is 24.9 Å². The van der Waals surface area contributed by atoms with Crippen LogP contribution in [-0.4, -0.2) is 15.9 Å². The Morgan fingerprint density at radius 3 is 2.02 bits per heavy atom. The first kappa shape index (κ1) is 38.7. The summed E-state index contributed by atoms with van der Waals surface area (Å²) in [7, 11) is 0. The third-order valence-corrected chi connectivity index (χ3v) is 8.11. The van der Waals surface area contributed by atoms with Crippen molar-refractivity contribution >= 4 is 16.6 Å². The normalized spacial score (nSPS) is 12.4. The molecule has 0 bridgehead atoms. The fourth-order valence-corrected chi connectivity index (χ4v) is 6.21. The Hall–Kier alpha value is -2.29. The molecule has 3 aromatic rings. The van der Waals surface area contributed by atoms with Crippen molar-refractivity contribution in [1.82, 2.24) is 4.98 Å². The molecule has 0 saturated heterocycles. The zero-order valence-electron chi connectivity index (χ0n) is 28.8. The van der Waals surface area contributed by atoms with Crippen LogP contribution in [0.5, 0.6) is 0 Å². The summed E-state index contributed by atoms with van der Waals surface area (Å²) < 4.78 is 0. The van der Waals surface area contributed by atoms with E-state index in [-0.39, 0.29) is 37.1 Å². The fourth-order valence-electron chi connectivity index (χ4n) is 6.21. The molecule has 0 aliphatic heterocycles. The second-order valence-electron chi connectivity index (χ2n) is 14.3. The summed E-state index contributed by atoms with van der Waals surface area (Å²) in [5.41, 5.74) is 5.22. The zero-order valence-corrected chi connectivity index (χ0v) is 31.2. The molecule has 0 saturated carbocycles. The summed E-state index contributed by atoms with van der Waals surface area (Å²) in [6.07, 6.45) is 7.44. The molecule has 1 aromatic heterocycles. The zero-order chi connectivity index (χ0) is 31.8. The fraction of sp³-hybridized carbons (Fsp3) is 0.538.